The molecule has 0 unspecified atom stereocenters. The van der Waals surface area contributed by atoms with Crippen molar-refractivity contribution < 1.29 is 19.4 Å². The van der Waals surface area contributed by atoms with Crippen molar-refractivity contribution in [1.29, 1.82) is 0 Å². The number of rotatable bonds is 5. The quantitative estimate of drug-likeness (QED) is 0.676. The Kier molecular flexibility index (Phi) is 4.61. The van der Waals surface area contributed by atoms with Gasteiger partial charge < -0.3 is 14.6 Å². The molecule has 0 radical (unpaired) electrons. The summed E-state index contributed by atoms with van der Waals surface area (Å²) < 4.78 is 10.1. The molecule has 21 heavy (non-hydrogen) atoms. The van der Waals surface area contributed by atoms with E-state index in [1.807, 2.05) is 24.3 Å². The van der Waals surface area contributed by atoms with Crippen LogP contribution < -0.4 is 9.47 Å². The number of aromatic hydroxyl groups is 1. The Hall–Kier alpha value is -2.75. The topological polar surface area (TPSA) is 55.8 Å². The van der Waals surface area contributed by atoms with Gasteiger partial charge in [0.15, 0.2) is 17.3 Å². The van der Waals surface area contributed by atoms with Crippen molar-refractivity contribution in [3.05, 3.63) is 59.7 Å². The molecular formula is C17H16O4. The number of carbonyl (C=O) groups is 1. The molecule has 2 aromatic carbocycles. The Morgan fingerprint density at radius 3 is 2.38 bits per heavy atom. The molecule has 0 bridgehead atoms. The van der Waals surface area contributed by atoms with Crippen molar-refractivity contribution in [3.8, 4) is 17.2 Å². The summed E-state index contributed by atoms with van der Waals surface area (Å²) in [5.41, 5.74) is 1.35. The van der Waals surface area contributed by atoms with Crippen LogP contribution in [-0.2, 0) is 0 Å². The van der Waals surface area contributed by atoms with Crippen LogP contribution in [0.2, 0.25) is 0 Å². The first-order valence-corrected chi connectivity index (χ1v) is 6.37. The highest BCUT2D eigenvalue weighted by Crippen LogP contribution is 2.26. The molecule has 0 atom stereocenters. The maximum atomic E-state index is 12.1. The lowest BCUT2D eigenvalue weighted by Crippen LogP contribution is -1.95. The average molecular weight is 284 g/mol. The van der Waals surface area contributed by atoms with Gasteiger partial charge in [-0.05, 0) is 42.0 Å². The van der Waals surface area contributed by atoms with E-state index in [4.69, 9.17) is 9.47 Å². The zero-order valence-electron chi connectivity index (χ0n) is 11.9. The van der Waals surface area contributed by atoms with Crippen molar-refractivity contribution in [1.82, 2.24) is 0 Å². The van der Waals surface area contributed by atoms with Crippen LogP contribution >= 0.6 is 0 Å². The van der Waals surface area contributed by atoms with E-state index in [0.29, 0.717) is 5.56 Å². The number of allylic oxidation sites excluding steroid dienone is 1. The van der Waals surface area contributed by atoms with E-state index in [1.54, 1.807) is 19.3 Å². The van der Waals surface area contributed by atoms with E-state index in [1.165, 1.54) is 25.3 Å². The van der Waals surface area contributed by atoms with Crippen LogP contribution in [0.1, 0.15) is 15.9 Å². The maximum absolute atomic E-state index is 12.1. The number of methoxy groups -OCH3 is 2. The molecule has 0 amide bonds. The van der Waals surface area contributed by atoms with Crippen molar-refractivity contribution in [2.24, 2.45) is 0 Å². The third-order valence-electron chi connectivity index (χ3n) is 3.01. The van der Waals surface area contributed by atoms with Gasteiger partial charge in [0.05, 0.1) is 14.2 Å². The highest BCUT2D eigenvalue weighted by molar-refractivity contribution is 6.07. The van der Waals surface area contributed by atoms with E-state index >= 15 is 0 Å². The van der Waals surface area contributed by atoms with E-state index < -0.39 is 0 Å². The fraction of sp³-hybridized carbons (Fsp3) is 0.118. The molecule has 108 valence electrons. The molecule has 4 nitrogen and oxygen atoms in total. The minimum Gasteiger partial charge on any atom is -0.504 e. The second-order valence-electron chi connectivity index (χ2n) is 4.36. The lowest BCUT2D eigenvalue weighted by atomic mass is 10.1. The number of hydrogen-bond acceptors (Lipinski definition) is 4. The van der Waals surface area contributed by atoms with E-state index in [9.17, 15) is 9.90 Å². The molecule has 2 aromatic rings. The van der Waals surface area contributed by atoms with Gasteiger partial charge in [0.25, 0.3) is 0 Å². The molecule has 0 spiro atoms. The van der Waals surface area contributed by atoms with Crippen LogP contribution in [0, 0.1) is 0 Å². The Labute approximate surface area is 123 Å². The lowest BCUT2D eigenvalue weighted by molar-refractivity contribution is 0.104. The highest BCUT2D eigenvalue weighted by Gasteiger charge is 2.07. The van der Waals surface area contributed by atoms with Crippen molar-refractivity contribution >= 4 is 11.9 Å². The van der Waals surface area contributed by atoms with Gasteiger partial charge in [-0.1, -0.05) is 18.2 Å². The summed E-state index contributed by atoms with van der Waals surface area (Å²) in [6, 6.07) is 11.9. The molecule has 0 aliphatic heterocycles. The number of carbonyl (C=O) groups excluding carboxylic acids is 1. The van der Waals surface area contributed by atoms with Crippen LogP contribution in [0.15, 0.2) is 48.5 Å². The Morgan fingerprint density at radius 2 is 1.76 bits per heavy atom. The van der Waals surface area contributed by atoms with Crippen molar-refractivity contribution in [3.63, 3.8) is 0 Å². The van der Waals surface area contributed by atoms with E-state index in [2.05, 4.69) is 0 Å². The standard InChI is InChI=1S/C17H16O4/c1-20-14-7-3-12(4-8-14)5-9-15(18)13-6-10-16(19)17(11-13)21-2/h3-11,19H,1-2H3. The summed E-state index contributed by atoms with van der Waals surface area (Å²) in [5, 5.41) is 9.51. The Balaban J connectivity index is 2.14. The third-order valence-corrected chi connectivity index (χ3v) is 3.01. The Bertz CT molecular complexity index is 657. The van der Waals surface area contributed by atoms with Crippen LogP contribution in [0.4, 0.5) is 0 Å². The molecule has 0 fully saturated rings. The van der Waals surface area contributed by atoms with Crippen LogP contribution in [0.25, 0.3) is 6.08 Å². The molecule has 1 N–H and O–H groups in total. The number of benzene rings is 2. The number of ketones is 1. The molecule has 0 saturated heterocycles. The zero-order valence-corrected chi connectivity index (χ0v) is 11.9. The number of hydrogen-bond donors (Lipinski definition) is 1. The van der Waals surface area contributed by atoms with Crippen LogP contribution in [-0.4, -0.2) is 25.1 Å². The summed E-state index contributed by atoms with van der Waals surface area (Å²) in [6.07, 6.45) is 3.20. The molecule has 0 aromatic heterocycles. The molecule has 0 saturated carbocycles. The summed E-state index contributed by atoms with van der Waals surface area (Å²) in [5.74, 6) is 0.887. The molecule has 4 heteroatoms. The predicted octanol–water partition coefficient (Wildman–Crippen LogP) is 3.31. The van der Waals surface area contributed by atoms with Gasteiger partial charge in [-0.2, -0.15) is 0 Å². The first kappa shape index (κ1) is 14.7. The highest BCUT2D eigenvalue weighted by atomic mass is 16.5. The molecule has 0 heterocycles. The first-order chi connectivity index (χ1) is 10.1. The number of phenolic OH excluding ortho intramolecular Hbond substituents is 1. The smallest absolute Gasteiger partial charge is 0.185 e. The molecule has 2 rings (SSSR count). The van der Waals surface area contributed by atoms with Gasteiger partial charge in [-0.25, -0.2) is 0 Å². The monoisotopic (exact) mass is 284 g/mol. The largest absolute Gasteiger partial charge is 0.504 e. The molecular weight excluding hydrogens is 268 g/mol. The van der Waals surface area contributed by atoms with Gasteiger partial charge in [0.1, 0.15) is 5.75 Å². The lowest BCUT2D eigenvalue weighted by Gasteiger charge is -2.04. The number of phenols is 1. The fourth-order valence-corrected chi connectivity index (χ4v) is 1.81. The van der Waals surface area contributed by atoms with E-state index in [-0.39, 0.29) is 17.3 Å². The maximum Gasteiger partial charge on any atom is 0.185 e. The summed E-state index contributed by atoms with van der Waals surface area (Å²) in [6.45, 7) is 0. The SMILES string of the molecule is COc1ccc(C=CC(=O)c2ccc(O)c(OC)c2)cc1. The van der Waals surface area contributed by atoms with Crippen molar-refractivity contribution in [2.45, 2.75) is 0 Å². The first-order valence-electron chi connectivity index (χ1n) is 6.37. The van der Waals surface area contributed by atoms with Crippen molar-refractivity contribution in [2.75, 3.05) is 14.2 Å². The van der Waals surface area contributed by atoms with Crippen LogP contribution in [0.5, 0.6) is 17.2 Å². The van der Waals surface area contributed by atoms with E-state index in [0.717, 1.165) is 11.3 Å². The van der Waals surface area contributed by atoms with Gasteiger partial charge in [0.2, 0.25) is 0 Å². The van der Waals surface area contributed by atoms with Crippen LogP contribution in [0.3, 0.4) is 0 Å². The second kappa shape index (κ2) is 6.61. The molecule has 0 aliphatic carbocycles. The zero-order chi connectivity index (χ0) is 15.2. The van der Waals surface area contributed by atoms with Gasteiger partial charge >= 0.3 is 0 Å². The van der Waals surface area contributed by atoms with Gasteiger partial charge in [-0.15, -0.1) is 0 Å². The summed E-state index contributed by atoms with van der Waals surface area (Å²) >= 11 is 0. The molecule has 0 aliphatic rings. The summed E-state index contributed by atoms with van der Waals surface area (Å²) in [4.78, 5) is 12.1. The normalized spacial score (nSPS) is 10.6. The minimum atomic E-state index is -0.163. The average Bonchev–Trinajstić information content (AvgIpc) is 2.53. The minimum absolute atomic E-state index is 0.00758. The third kappa shape index (κ3) is 3.63. The van der Waals surface area contributed by atoms with Gasteiger partial charge in [-0.3, -0.25) is 4.79 Å². The predicted molar refractivity (Wildman–Crippen MR) is 81.0 cm³/mol. The Morgan fingerprint density at radius 1 is 1.05 bits per heavy atom. The summed E-state index contributed by atoms with van der Waals surface area (Å²) in [7, 11) is 3.04. The second-order valence-corrected chi connectivity index (χ2v) is 4.36. The fourth-order valence-electron chi connectivity index (χ4n) is 1.81. The number of ether oxygens (including phenoxy) is 2. The van der Waals surface area contributed by atoms with Gasteiger partial charge in [0, 0.05) is 5.56 Å².